The molecular weight excluding hydrogens is 166 g/mol. The molecule has 0 spiro atoms. The fourth-order valence-corrected chi connectivity index (χ4v) is 0.787. The molecule has 0 amide bonds. The first kappa shape index (κ1) is 9.47. The highest BCUT2D eigenvalue weighted by Gasteiger charge is 1.95. The van der Waals surface area contributed by atoms with Gasteiger partial charge in [0, 0.05) is 12.6 Å². The van der Waals surface area contributed by atoms with Crippen LogP contribution in [0.15, 0.2) is 24.4 Å². The second kappa shape index (κ2) is 4.42. The molecule has 0 saturated heterocycles. The van der Waals surface area contributed by atoms with E-state index in [9.17, 15) is 0 Å². The Kier molecular flexibility index (Phi) is 3.22. The lowest BCUT2D eigenvalue weighted by Crippen LogP contribution is -2.10. The Bertz CT molecular complexity index is 296. The summed E-state index contributed by atoms with van der Waals surface area (Å²) in [6.07, 6.45) is 1.63. The lowest BCUT2D eigenvalue weighted by Gasteiger charge is -2.05. The molecule has 1 heterocycles. The summed E-state index contributed by atoms with van der Waals surface area (Å²) in [5.41, 5.74) is 4.34. The van der Waals surface area contributed by atoms with E-state index in [2.05, 4.69) is 27.5 Å². The molecule has 0 aliphatic rings. The minimum Gasteiger partial charge on any atom is -0.380 e. The van der Waals surface area contributed by atoms with E-state index in [0.29, 0.717) is 5.82 Å². The van der Waals surface area contributed by atoms with Gasteiger partial charge in [-0.1, -0.05) is 12.2 Å². The zero-order valence-electron chi connectivity index (χ0n) is 7.54. The average molecular weight is 179 g/mol. The number of nitrogen functional groups attached to an aromatic ring is 1. The normalized spacial score (nSPS) is 9.38. The quantitative estimate of drug-likeness (QED) is 0.361. The fraction of sp³-hybridized carbons (Fsp3) is 0.250. The first-order chi connectivity index (χ1) is 6.22. The van der Waals surface area contributed by atoms with Crippen molar-refractivity contribution in [1.29, 1.82) is 0 Å². The summed E-state index contributed by atoms with van der Waals surface area (Å²) in [6.45, 7) is 6.44. The number of hydrogen-bond acceptors (Lipinski definition) is 5. The van der Waals surface area contributed by atoms with E-state index in [1.165, 1.54) is 0 Å². The second-order valence-corrected chi connectivity index (χ2v) is 2.78. The summed E-state index contributed by atoms with van der Waals surface area (Å²) in [6, 6.07) is 1.77. The molecule has 1 aromatic heterocycles. The van der Waals surface area contributed by atoms with E-state index in [0.717, 1.165) is 17.8 Å². The van der Waals surface area contributed by atoms with Crippen molar-refractivity contribution in [3.63, 3.8) is 0 Å². The van der Waals surface area contributed by atoms with Gasteiger partial charge in [-0.25, -0.2) is 5.84 Å². The lowest BCUT2D eigenvalue weighted by atomic mass is 10.3. The number of aromatic nitrogens is 2. The van der Waals surface area contributed by atoms with Crippen LogP contribution in [0.5, 0.6) is 0 Å². The number of anilines is 2. The molecule has 0 fully saturated rings. The summed E-state index contributed by atoms with van der Waals surface area (Å²) in [5.74, 6) is 5.71. The van der Waals surface area contributed by atoms with Crippen LogP contribution in [0, 0.1) is 0 Å². The van der Waals surface area contributed by atoms with Crippen molar-refractivity contribution in [3.8, 4) is 0 Å². The highest BCUT2D eigenvalue weighted by molar-refractivity contribution is 5.49. The summed E-state index contributed by atoms with van der Waals surface area (Å²) in [4.78, 5) is 0. The van der Waals surface area contributed by atoms with E-state index < -0.39 is 0 Å². The topological polar surface area (TPSA) is 75.9 Å². The summed E-state index contributed by atoms with van der Waals surface area (Å²) < 4.78 is 0. The van der Waals surface area contributed by atoms with Crippen LogP contribution < -0.4 is 16.6 Å². The number of nitrogens with two attached hydrogens (primary N) is 1. The van der Waals surface area contributed by atoms with Crippen LogP contribution in [0.2, 0.25) is 0 Å². The molecule has 0 radical (unpaired) electrons. The van der Waals surface area contributed by atoms with Gasteiger partial charge < -0.3 is 10.7 Å². The predicted molar refractivity (Wildman–Crippen MR) is 53.1 cm³/mol. The maximum absolute atomic E-state index is 5.18. The van der Waals surface area contributed by atoms with Crippen molar-refractivity contribution in [2.45, 2.75) is 6.92 Å². The Morgan fingerprint density at radius 1 is 1.69 bits per heavy atom. The van der Waals surface area contributed by atoms with E-state index in [4.69, 9.17) is 5.84 Å². The SMILES string of the molecule is C=C(C)CNc1cnnc(NN)c1. The smallest absolute Gasteiger partial charge is 0.164 e. The van der Waals surface area contributed by atoms with Gasteiger partial charge in [0.2, 0.25) is 0 Å². The molecule has 5 heteroatoms. The predicted octanol–water partition coefficient (Wildman–Crippen LogP) is 0.750. The van der Waals surface area contributed by atoms with Crippen molar-refractivity contribution in [2.75, 3.05) is 17.3 Å². The number of hydrazine groups is 1. The van der Waals surface area contributed by atoms with Gasteiger partial charge in [0.1, 0.15) is 0 Å². The van der Waals surface area contributed by atoms with Crippen LogP contribution in [0.1, 0.15) is 6.92 Å². The minimum atomic E-state index is 0.534. The number of nitrogens with zero attached hydrogens (tertiary/aromatic N) is 2. The Labute approximate surface area is 77.0 Å². The third-order valence-corrected chi connectivity index (χ3v) is 1.40. The largest absolute Gasteiger partial charge is 0.380 e. The minimum absolute atomic E-state index is 0.534. The maximum atomic E-state index is 5.18. The molecule has 0 bridgehead atoms. The molecular formula is C8H13N5. The maximum Gasteiger partial charge on any atom is 0.164 e. The number of hydrogen-bond donors (Lipinski definition) is 3. The molecule has 4 N–H and O–H groups in total. The molecule has 13 heavy (non-hydrogen) atoms. The highest BCUT2D eigenvalue weighted by atomic mass is 15.3. The van der Waals surface area contributed by atoms with Gasteiger partial charge in [0.15, 0.2) is 5.82 Å². The van der Waals surface area contributed by atoms with E-state index in [1.54, 1.807) is 12.3 Å². The Morgan fingerprint density at radius 2 is 2.46 bits per heavy atom. The van der Waals surface area contributed by atoms with Gasteiger partial charge in [-0.3, -0.25) is 0 Å². The van der Waals surface area contributed by atoms with Gasteiger partial charge in [0.25, 0.3) is 0 Å². The molecule has 0 unspecified atom stereocenters. The molecule has 0 aromatic carbocycles. The molecule has 0 aliphatic heterocycles. The molecule has 70 valence electrons. The number of nitrogens with one attached hydrogen (secondary N) is 2. The Morgan fingerprint density at radius 3 is 3.08 bits per heavy atom. The number of rotatable bonds is 4. The summed E-state index contributed by atoms with van der Waals surface area (Å²) >= 11 is 0. The van der Waals surface area contributed by atoms with E-state index in [-0.39, 0.29) is 0 Å². The average Bonchev–Trinajstić information content (AvgIpc) is 2.15. The summed E-state index contributed by atoms with van der Waals surface area (Å²) in [7, 11) is 0. The van der Waals surface area contributed by atoms with Crippen molar-refractivity contribution in [3.05, 3.63) is 24.4 Å². The van der Waals surface area contributed by atoms with Crippen molar-refractivity contribution in [2.24, 2.45) is 5.84 Å². The third kappa shape index (κ3) is 3.08. The van der Waals surface area contributed by atoms with Crippen LogP contribution in [-0.2, 0) is 0 Å². The van der Waals surface area contributed by atoms with Crippen LogP contribution in [0.4, 0.5) is 11.5 Å². The van der Waals surface area contributed by atoms with Gasteiger partial charge in [0.05, 0.1) is 11.9 Å². The lowest BCUT2D eigenvalue weighted by molar-refractivity contribution is 1.02. The van der Waals surface area contributed by atoms with Crippen molar-refractivity contribution >= 4 is 11.5 Å². The molecule has 0 aliphatic carbocycles. The zero-order chi connectivity index (χ0) is 9.68. The first-order valence-corrected chi connectivity index (χ1v) is 3.90. The zero-order valence-corrected chi connectivity index (χ0v) is 7.54. The molecule has 1 rings (SSSR count). The van der Waals surface area contributed by atoms with Gasteiger partial charge in [-0.05, 0) is 6.92 Å². The van der Waals surface area contributed by atoms with Gasteiger partial charge in [-0.2, -0.15) is 5.10 Å². The van der Waals surface area contributed by atoms with Crippen LogP contribution in [0.3, 0.4) is 0 Å². The third-order valence-electron chi connectivity index (χ3n) is 1.40. The van der Waals surface area contributed by atoms with Gasteiger partial charge >= 0.3 is 0 Å². The molecule has 0 saturated carbocycles. The Balaban J connectivity index is 2.61. The highest BCUT2D eigenvalue weighted by Crippen LogP contribution is 2.08. The molecule has 5 nitrogen and oxygen atoms in total. The van der Waals surface area contributed by atoms with Crippen LogP contribution in [-0.4, -0.2) is 16.7 Å². The Hall–Kier alpha value is -1.62. The van der Waals surface area contributed by atoms with E-state index >= 15 is 0 Å². The van der Waals surface area contributed by atoms with Crippen LogP contribution >= 0.6 is 0 Å². The first-order valence-electron chi connectivity index (χ1n) is 3.90. The molecule has 0 atom stereocenters. The van der Waals surface area contributed by atoms with E-state index in [1.807, 2.05) is 6.92 Å². The summed E-state index contributed by atoms with van der Waals surface area (Å²) in [5, 5.41) is 10.6. The second-order valence-electron chi connectivity index (χ2n) is 2.78. The van der Waals surface area contributed by atoms with Crippen molar-refractivity contribution in [1.82, 2.24) is 10.2 Å². The van der Waals surface area contributed by atoms with Crippen molar-refractivity contribution < 1.29 is 0 Å². The molecule has 1 aromatic rings. The van der Waals surface area contributed by atoms with Gasteiger partial charge in [-0.15, -0.1) is 5.10 Å². The standard InChI is InChI=1S/C8H13N5/c1-6(2)4-10-7-3-8(12-9)13-11-5-7/h3,5H,1,4,9H2,2H3,(H2,10,12,13). The van der Waals surface area contributed by atoms with Crippen LogP contribution in [0.25, 0.3) is 0 Å². The monoisotopic (exact) mass is 179 g/mol. The fourth-order valence-electron chi connectivity index (χ4n) is 0.787.